The Balaban J connectivity index is 1.57. The van der Waals surface area contributed by atoms with Crippen LogP contribution in [-0.4, -0.2) is 30.5 Å². The normalized spacial score (nSPS) is 14.9. The van der Waals surface area contributed by atoms with Gasteiger partial charge < -0.3 is 14.8 Å². The van der Waals surface area contributed by atoms with Crippen LogP contribution in [0.2, 0.25) is 0 Å². The fourth-order valence-electron chi connectivity index (χ4n) is 3.36. The van der Waals surface area contributed by atoms with Gasteiger partial charge in [-0.2, -0.15) is 0 Å². The lowest BCUT2D eigenvalue weighted by Gasteiger charge is -2.37. The number of aryl methyl sites for hydroxylation is 1. The summed E-state index contributed by atoms with van der Waals surface area (Å²) < 4.78 is 11.6. The summed E-state index contributed by atoms with van der Waals surface area (Å²) in [4.78, 5) is 26.0. The van der Waals surface area contributed by atoms with Gasteiger partial charge in [0.1, 0.15) is 17.7 Å². The molecule has 2 amide bonds. The molecule has 1 atom stereocenters. The van der Waals surface area contributed by atoms with Crippen LogP contribution >= 0.6 is 15.9 Å². The highest BCUT2D eigenvalue weighted by Gasteiger charge is 2.34. The Morgan fingerprint density at radius 2 is 1.75 bits per heavy atom. The number of hydrogen-bond donors (Lipinski definition) is 2. The third kappa shape index (κ3) is 4.70. The first-order valence-corrected chi connectivity index (χ1v) is 10.8. The highest BCUT2D eigenvalue weighted by atomic mass is 79.9. The van der Waals surface area contributed by atoms with E-state index in [4.69, 9.17) is 9.47 Å². The Bertz CT molecular complexity index is 1130. The number of halogens is 1. The van der Waals surface area contributed by atoms with Crippen LogP contribution in [0, 0.1) is 6.92 Å². The standard InChI is InChI=1S/C24H22BrN3O4/c1-15-3-8-19(9-4-15)32-14-22(29)27-28-23(16-5-10-18(31-2)11-6-16)26-21-12-7-17(25)13-20(21)24(28)30/h3-13,23,26H,14H2,1-2H3,(H,27,29). The van der Waals surface area contributed by atoms with E-state index < -0.39 is 12.1 Å². The van der Waals surface area contributed by atoms with Gasteiger partial charge in [0.15, 0.2) is 6.61 Å². The number of hydrazine groups is 1. The fraction of sp³-hybridized carbons (Fsp3) is 0.167. The third-order valence-electron chi connectivity index (χ3n) is 5.05. The first-order chi connectivity index (χ1) is 15.4. The van der Waals surface area contributed by atoms with Crippen LogP contribution < -0.4 is 20.2 Å². The van der Waals surface area contributed by atoms with Crippen LogP contribution in [0.25, 0.3) is 0 Å². The topological polar surface area (TPSA) is 79.9 Å². The number of benzene rings is 3. The van der Waals surface area contributed by atoms with Crippen molar-refractivity contribution in [2.24, 2.45) is 0 Å². The second-order valence-electron chi connectivity index (χ2n) is 7.32. The van der Waals surface area contributed by atoms with Crippen molar-refractivity contribution in [2.75, 3.05) is 19.0 Å². The predicted molar refractivity (Wildman–Crippen MR) is 124 cm³/mol. The van der Waals surface area contributed by atoms with Gasteiger partial charge in [0.25, 0.3) is 11.8 Å². The molecule has 8 heteroatoms. The van der Waals surface area contributed by atoms with E-state index in [1.807, 2.05) is 43.3 Å². The van der Waals surface area contributed by atoms with E-state index >= 15 is 0 Å². The monoisotopic (exact) mass is 495 g/mol. The lowest BCUT2D eigenvalue weighted by Crippen LogP contribution is -2.53. The summed E-state index contributed by atoms with van der Waals surface area (Å²) >= 11 is 3.40. The summed E-state index contributed by atoms with van der Waals surface area (Å²) in [5.74, 6) is 0.499. The van der Waals surface area contributed by atoms with E-state index in [2.05, 4.69) is 26.7 Å². The minimum absolute atomic E-state index is 0.229. The van der Waals surface area contributed by atoms with Gasteiger partial charge in [-0.05, 0) is 55.0 Å². The number of fused-ring (bicyclic) bond motifs is 1. The van der Waals surface area contributed by atoms with Crippen LogP contribution in [0.15, 0.2) is 71.2 Å². The first-order valence-electron chi connectivity index (χ1n) is 9.97. The molecule has 1 heterocycles. The predicted octanol–water partition coefficient (Wildman–Crippen LogP) is 4.44. The maximum absolute atomic E-state index is 13.3. The van der Waals surface area contributed by atoms with E-state index in [0.717, 1.165) is 15.6 Å². The molecule has 4 rings (SSSR count). The largest absolute Gasteiger partial charge is 0.497 e. The zero-order valence-corrected chi connectivity index (χ0v) is 19.2. The molecule has 7 nitrogen and oxygen atoms in total. The molecule has 0 aromatic heterocycles. The van der Waals surface area contributed by atoms with Gasteiger partial charge in [-0.1, -0.05) is 45.8 Å². The van der Waals surface area contributed by atoms with E-state index in [1.54, 1.807) is 37.4 Å². The first kappa shape index (κ1) is 21.7. The molecule has 0 spiro atoms. The quantitative estimate of drug-likeness (QED) is 0.528. The van der Waals surface area contributed by atoms with Crippen molar-refractivity contribution in [2.45, 2.75) is 13.1 Å². The molecule has 164 valence electrons. The molecule has 0 saturated carbocycles. The van der Waals surface area contributed by atoms with Crippen LogP contribution in [0.1, 0.15) is 27.7 Å². The molecule has 32 heavy (non-hydrogen) atoms. The smallest absolute Gasteiger partial charge is 0.276 e. The minimum Gasteiger partial charge on any atom is -0.497 e. The van der Waals surface area contributed by atoms with Crippen molar-refractivity contribution >= 4 is 33.4 Å². The van der Waals surface area contributed by atoms with E-state index in [-0.39, 0.29) is 12.5 Å². The average Bonchev–Trinajstić information content (AvgIpc) is 2.81. The number of methoxy groups -OCH3 is 1. The van der Waals surface area contributed by atoms with Crippen LogP contribution in [0.3, 0.4) is 0 Å². The Morgan fingerprint density at radius 3 is 2.44 bits per heavy atom. The van der Waals surface area contributed by atoms with E-state index in [1.165, 1.54) is 5.01 Å². The molecular weight excluding hydrogens is 474 g/mol. The second kappa shape index (κ2) is 9.32. The highest BCUT2D eigenvalue weighted by Crippen LogP contribution is 2.34. The van der Waals surface area contributed by atoms with Crippen LogP contribution in [0.4, 0.5) is 5.69 Å². The number of rotatable bonds is 6. The molecular formula is C24H22BrN3O4. The van der Waals surface area contributed by atoms with Crippen molar-refractivity contribution in [1.82, 2.24) is 10.4 Å². The molecule has 3 aromatic carbocycles. The van der Waals surface area contributed by atoms with Gasteiger partial charge >= 0.3 is 0 Å². The zero-order chi connectivity index (χ0) is 22.7. The lowest BCUT2D eigenvalue weighted by molar-refractivity contribution is -0.127. The molecule has 1 unspecified atom stereocenters. The molecule has 0 fully saturated rings. The van der Waals surface area contributed by atoms with Gasteiger partial charge in [0.05, 0.1) is 12.7 Å². The van der Waals surface area contributed by atoms with Gasteiger partial charge in [0, 0.05) is 10.2 Å². The molecule has 2 N–H and O–H groups in total. The Hall–Kier alpha value is -3.52. The summed E-state index contributed by atoms with van der Waals surface area (Å²) in [5, 5.41) is 4.62. The van der Waals surface area contributed by atoms with E-state index in [9.17, 15) is 9.59 Å². The number of carbonyl (C=O) groups is 2. The maximum Gasteiger partial charge on any atom is 0.276 e. The zero-order valence-electron chi connectivity index (χ0n) is 17.6. The van der Waals surface area contributed by atoms with Crippen molar-refractivity contribution in [1.29, 1.82) is 0 Å². The molecule has 1 aliphatic rings. The summed E-state index contributed by atoms with van der Waals surface area (Å²) in [5.41, 5.74) is 5.71. The maximum atomic E-state index is 13.3. The van der Waals surface area contributed by atoms with Gasteiger partial charge in [-0.15, -0.1) is 0 Å². The number of nitrogens with one attached hydrogen (secondary N) is 2. The number of carbonyl (C=O) groups excluding carboxylic acids is 2. The summed E-state index contributed by atoms with van der Waals surface area (Å²) in [6.45, 7) is 1.74. The van der Waals surface area contributed by atoms with Crippen molar-refractivity contribution in [3.05, 3.63) is 87.9 Å². The molecule has 1 aliphatic heterocycles. The van der Waals surface area contributed by atoms with E-state index in [0.29, 0.717) is 22.7 Å². The third-order valence-corrected chi connectivity index (χ3v) is 5.54. The fourth-order valence-corrected chi connectivity index (χ4v) is 3.72. The number of nitrogens with zero attached hydrogens (tertiary/aromatic N) is 1. The Labute approximate surface area is 194 Å². The van der Waals surface area contributed by atoms with Crippen molar-refractivity contribution in [3.8, 4) is 11.5 Å². The van der Waals surface area contributed by atoms with Gasteiger partial charge in [0.2, 0.25) is 0 Å². The molecule has 0 radical (unpaired) electrons. The van der Waals surface area contributed by atoms with Gasteiger partial charge in [-0.3, -0.25) is 15.0 Å². The van der Waals surface area contributed by atoms with Gasteiger partial charge in [-0.25, -0.2) is 5.01 Å². The van der Waals surface area contributed by atoms with Crippen molar-refractivity contribution in [3.63, 3.8) is 0 Å². The second-order valence-corrected chi connectivity index (χ2v) is 8.24. The Morgan fingerprint density at radius 1 is 1.06 bits per heavy atom. The average molecular weight is 496 g/mol. The summed E-state index contributed by atoms with van der Waals surface area (Å²) in [6.07, 6.45) is -0.606. The van der Waals surface area contributed by atoms with Crippen LogP contribution in [0.5, 0.6) is 11.5 Å². The minimum atomic E-state index is -0.606. The highest BCUT2D eigenvalue weighted by molar-refractivity contribution is 9.10. The molecule has 0 saturated heterocycles. The molecule has 0 bridgehead atoms. The lowest BCUT2D eigenvalue weighted by atomic mass is 10.0. The molecule has 0 aliphatic carbocycles. The summed E-state index contributed by atoms with van der Waals surface area (Å²) in [6, 6.07) is 20.1. The van der Waals surface area contributed by atoms with Crippen molar-refractivity contribution < 1.29 is 19.1 Å². The number of amides is 2. The number of anilines is 1. The van der Waals surface area contributed by atoms with Crippen LogP contribution in [-0.2, 0) is 4.79 Å². The SMILES string of the molecule is COc1ccc(C2Nc3ccc(Br)cc3C(=O)N2NC(=O)COc2ccc(C)cc2)cc1. The molecule has 3 aromatic rings. The number of hydrogen-bond acceptors (Lipinski definition) is 5. The summed E-state index contributed by atoms with van der Waals surface area (Å²) in [7, 11) is 1.59. The number of ether oxygens (including phenoxy) is 2. The Kier molecular flexibility index (Phi) is 6.32.